The average molecular weight is 499 g/mol. The normalized spacial score (nSPS) is 50.2. The number of ether oxygens (including phenoxy) is 3. The molecule has 6 rings (SSSR count). The molecule has 0 bridgehead atoms. The van der Waals surface area contributed by atoms with Gasteiger partial charge in [0.2, 0.25) is 0 Å². The van der Waals surface area contributed by atoms with Gasteiger partial charge in [-0.25, -0.2) is 4.79 Å². The van der Waals surface area contributed by atoms with E-state index in [0.29, 0.717) is 18.4 Å². The SMILES string of the molecule is CC(=O)O[C@@H]1C[C@H]2C(C)(C)C(=O)C=C[C@]2(C)[C@H]2[C@@H](O)C[C@]3(C)[C@H](c4ccoc4)OC(=O)[C@H]4O[C@]43[C@@]21C. The molecule has 2 saturated carbocycles. The van der Waals surface area contributed by atoms with Gasteiger partial charge in [-0.05, 0) is 36.3 Å². The number of aliphatic hydroxyl groups excluding tert-OH is 1. The molecule has 194 valence electrons. The first-order chi connectivity index (χ1) is 16.7. The maximum Gasteiger partial charge on any atom is 0.339 e. The van der Waals surface area contributed by atoms with Crippen LogP contribution in [0.15, 0.2) is 35.2 Å². The van der Waals surface area contributed by atoms with Gasteiger partial charge >= 0.3 is 11.9 Å². The molecule has 36 heavy (non-hydrogen) atoms. The van der Waals surface area contributed by atoms with Gasteiger partial charge in [0, 0.05) is 34.7 Å². The highest BCUT2D eigenvalue weighted by Crippen LogP contribution is 2.79. The summed E-state index contributed by atoms with van der Waals surface area (Å²) in [6.07, 6.45) is 4.35. The van der Waals surface area contributed by atoms with Crippen LogP contribution in [0.4, 0.5) is 0 Å². The minimum atomic E-state index is -1.03. The molecule has 3 heterocycles. The maximum absolute atomic E-state index is 13.3. The van der Waals surface area contributed by atoms with Gasteiger partial charge in [-0.2, -0.15) is 0 Å². The van der Waals surface area contributed by atoms with Crippen LogP contribution >= 0.6 is 0 Å². The van der Waals surface area contributed by atoms with E-state index < -0.39 is 69.5 Å². The Kier molecular flexibility index (Phi) is 4.58. The summed E-state index contributed by atoms with van der Waals surface area (Å²) >= 11 is 0. The molecule has 0 aromatic carbocycles. The number of fused-ring (bicyclic) bond motifs is 3. The number of allylic oxidation sites excluding steroid dienone is 2. The summed E-state index contributed by atoms with van der Waals surface area (Å²) in [7, 11) is 0. The van der Waals surface area contributed by atoms with Gasteiger partial charge < -0.3 is 23.7 Å². The van der Waals surface area contributed by atoms with E-state index in [9.17, 15) is 19.5 Å². The third-order valence-electron chi connectivity index (χ3n) is 10.7. The topological polar surface area (TPSA) is 116 Å². The standard InChI is InChI=1S/C28H34O8/c1-14(29)34-19-11-17-24(2,3)18(31)7-9-25(17,4)20-16(30)12-26(5)21(15-8-10-33-13-15)35-23(32)22-28(26,36-22)27(19,20)6/h7-10,13,16-17,19-22,30H,11-12H2,1-6H3/t16-,17-,19+,20+,21-,22+,25-,26+,27+,28+/m0/s1. The zero-order valence-corrected chi connectivity index (χ0v) is 21.6. The second-order valence-electron chi connectivity index (χ2n) is 12.7. The number of furan rings is 1. The number of epoxide rings is 1. The third-order valence-corrected chi connectivity index (χ3v) is 10.7. The average Bonchev–Trinajstić information content (AvgIpc) is 3.36. The van der Waals surface area contributed by atoms with Crippen molar-refractivity contribution in [3.8, 4) is 0 Å². The fourth-order valence-corrected chi connectivity index (χ4v) is 9.36. The van der Waals surface area contributed by atoms with Crippen molar-refractivity contribution in [1.29, 1.82) is 0 Å². The van der Waals surface area contributed by atoms with Crippen LogP contribution in [-0.4, -0.2) is 46.7 Å². The van der Waals surface area contributed by atoms with Crippen LogP contribution < -0.4 is 0 Å². The lowest BCUT2D eigenvalue weighted by molar-refractivity contribution is -0.277. The molecule has 3 aliphatic carbocycles. The number of cyclic esters (lactones) is 1. The maximum atomic E-state index is 13.3. The lowest BCUT2D eigenvalue weighted by atomic mass is 9.35. The number of aliphatic hydroxyl groups is 1. The molecular formula is C28H34O8. The summed E-state index contributed by atoms with van der Waals surface area (Å²) in [6, 6.07) is 1.76. The first-order valence-electron chi connectivity index (χ1n) is 12.7. The van der Waals surface area contributed by atoms with Crippen molar-refractivity contribution in [3.63, 3.8) is 0 Å². The summed E-state index contributed by atoms with van der Waals surface area (Å²) in [5, 5.41) is 12.0. The Morgan fingerprint density at radius 1 is 1.14 bits per heavy atom. The number of ketones is 1. The summed E-state index contributed by atoms with van der Waals surface area (Å²) in [6.45, 7) is 11.3. The number of hydrogen-bond acceptors (Lipinski definition) is 8. The van der Waals surface area contributed by atoms with Crippen LogP contribution in [0.25, 0.3) is 0 Å². The van der Waals surface area contributed by atoms with Gasteiger partial charge in [-0.15, -0.1) is 0 Å². The van der Waals surface area contributed by atoms with Crippen LogP contribution in [0.5, 0.6) is 0 Å². The molecular weight excluding hydrogens is 464 g/mol. The predicted molar refractivity (Wildman–Crippen MR) is 125 cm³/mol. The third kappa shape index (κ3) is 2.50. The first kappa shape index (κ1) is 23.9. The van der Waals surface area contributed by atoms with E-state index in [0.717, 1.165) is 0 Å². The van der Waals surface area contributed by atoms with Crippen LogP contribution in [0.2, 0.25) is 0 Å². The molecule has 10 atom stereocenters. The Labute approximate surface area is 210 Å². The molecule has 0 radical (unpaired) electrons. The molecule has 1 spiro atoms. The molecule has 4 fully saturated rings. The second kappa shape index (κ2) is 6.90. The van der Waals surface area contributed by atoms with Gasteiger partial charge in [0.15, 0.2) is 11.9 Å². The lowest BCUT2D eigenvalue weighted by Gasteiger charge is -2.69. The highest BCUT2D eigenvalue weighted by atomic mass is 16.7. The Bertz CT molecular complexity index is 1180. The quantitative estimate of drug-likeness (QED) is 0.486. The summed E-state index contributed by atoms with van der Waals surface area (Å²) in [5.41, 5.74) is -3.40. The van der Waals surface area contributed by atoms with E-state index in [1.807, 2.05) is 33.8 Å². The van der Waals surface area contributed by atoms with Crippen LogP contribution in [0.3, 0.4) is 0 Å². The number of carbonyl (C=O) groups excluding carboxylic acids is 3. The van der Waals surface area contributed by atoms with Crippen molar-refractivity contribution in [2.24, 2.45) is 33.5 Å². The highest BCUT2D eigenvalue weighted by molar-refractivity contribution is 5.96. The molecule has 2 saturated heterocycles. The molecule has 1 aromatic heterocycles. The Balaban J connectivity index is 1.59. The van der Waals surface area contributed by atoms with Crippen LogP contribution in [0.1, 0.15) is 66.1 Å². The number of carbonyl (C=O) groups is 3. The number of rotatable bonds is 2. The fraction of sp³-hybridized carbons (Fsp3) is 0.679. The minimum absolute atomic E-state index is 0.0188. The first-order valence-corrected chi connectivity index (χ1v) is 12.7. The van der Waals surface area contributed by atoms with E-state index in [1.165, 1.54) is 13.2 Å². The largest absolute Gasteiger partial charge is 0.472 e. The summed E-state index contributed by atoms with van der Waals surface area (Å²) < 4.78 is 23.7. The predicted octanol–water partition coefficient (Wildman–Crippen LogP) is 3.53. The van der Waals surface area contributed by atoms with Crippen molar-refractivity contribution >= 4 is 17.7 Å². The monoisotopic (exact) mass is 498 g/mol. The number of hydrogen-bond donors (Lipinski definition) is 1. The van der Waals surface area contributed by atoms with Crippen molar-refractivity contribution in [1.82, 2.24) is 0 Å². The van der Waals surface area contributed by atoms with Crippen LogP contribution in [-0.2, 0) is 28.6 Å². The van der Waals surface area contributed by atoms with E-state index in [-0.39, 0.29) is 11.7 Å². The van der Waals surface area contributed by atoms with E-state index >= 15 is 0 Å². The molecule has 0 unspecified atom stereocenters. The molecule has 0 amide bonds. The molecule has 2 aliphatic heterocycles. The molecule has 8 nitrogen and oxygen atoms in total. The minimum Gasteiger partial charge on any atom is -0.472 e. The Morgan fingerprint density at radius 2 is 1.86 bits per heavy atom. The van der Waals surface area contributed by atoms with Gasteiger partial charge in [0.25, 0.3) is 0 Å². The van der Waals surface area contributed by atoms with Crippen molar-refractivity contribution in [2.75, 3.05) is 0 Å². The zero-order valence-electron chi connectivity index (χ0n) is 21.6. The van der Waals surface area contributed by atoms with E-state index in [2.05, 4.69) is 6.92 Å². The highest BCUT2D eigenvalue weighted by Gasteiger charge is 2.89. The van der Waals surface area contributed by atoms with Gasteiger partial charge in [0.1, 0.15) is 17.8 Å². The summed E-state index contributed by atoms with van der Waals surface area (Å²) in [5.74, 6) is -1.51. The van der Waals surface area contributed by atoms with E-state index in [4.69, 9.17) is 18.6 Å². The van der Waals surface area contributed by atoms with Crippen molar-refractivity contribution < 1.29 is 38.1 Å². The molecule has 1 N–H and O–H groups in total. The molecule has 1 aromatic rings. The Morgan fingerprint density at radius 3 is 2.50 bits per heavy atom. The van der Waals surface area contributed by atoms with Gasteiger partial charge in [0.05, 0.1) is 18.6 Å². The zero-order chi connectivity index (χ0) is 26.1. The van der Waals surface area contributed by atoms with Crippen molar-refractivity contribution in [2.45, 2.75) is 84.4 Å². The molecule has 5 aliphatic rings. The van der Waals surface area contributed by atoms with Crippen molar-refractivity contribution in [3.05, 3.63) is 36.3 Å². The Hall–Kier alpha value is -2.45. The second-order valence-corrected chi connectivity index (χ2v) is 12.7. The van der Waals surface area contributed by atoms with Crippen LogP contribution in [0, 0.1) is 33.5 Å². The lowest BCUT2D eigenvalue weighted by Crippen LogP contribution is -2.75. The smallest absolute Gasteiger partial charge is 0.339 e. The van der Waals surface area contributed by atoms with Gasteiger partial charge in [-0.1, -0.05) is 40.7 Å². The fourth-order valence-electron chi connectivity index (χ4n) is 9.36. The number of esters is 2. The van der Waals surface area contributed by atoms with Gasteiger partial charge in [-0.3, -0.25) is 9.59 Å². The molecule has 8 heteroatoms. The summed E-state index contributed by atoms with van der Waals surface area (Å²) in [4.78, 5) is 38.7. The van der Waals surface area contributed by atoms with E-state index in [1.54, 1.807) is 18.4 Å².